The largest absolute Gasteiger partial charge is 0.398 e. The first-order valence-corrected chi connectivity index (χ1v) is 5.22. The van der Waals surface area contributed by atoms with Crippen LogP contribution in [0.5, 0.6) is 0 Å². The quantitative estimate of drug-likeness (QED) is 0.585. The molecule has 0 bridgehead atoms. The highest BCUT2D eigenvalue weighted by Gasteiger charge is 2.16. The Kier molecular flexibility index (Phi) is 2.90. The number of rotatable bonds is 3. The molecule has 0 saturated heterocycles. The SMILES string of the molecule is CCOS(=O)(=O)c1ccccc1N. The van der Waals surface area contributed by atoms with Gasteiger partial charge in [0.15, 0.2) is 0 Å². The summed E-state index contributed by atoms with van der Waals surface area (Å²) in [5.41, 5.74) is 5.68. The molecule has 0 radical (unpaired) electrons. The fourth-order valence-electron chi connectivity index (χ4n) is 0.927. The number of anilines is 1. The third-order valence-electron chi connectivity index (χ3n) is 1.46. The number of hydrogen-bond donors (Lipinski definition) is 1. The Balaban J connectivity index is 3.15. The van der Waals surface area contributed by atoms with Crippen molar-refractivity contribution in [2.75, 3.05) is 12.3 Å². The predicted molar refractivity (Wildman–Crippen MR) is 49.7 cm³/mol. The van der Waals surface area contributed by atoms with Gasteiger partial charge in [-0.1, -0.05) is 12.1 Å². The molecule has 0 atom stereocenters. The lowest BCUT2D eigenvalue weighted by atomic mass is 10.3. The van der Waals surface area contributed by atoms with Crippen molar-refractivity contribution in [1.29, 1.82) is 0 Å². The third-order valence-corrected chi connectivity index (χ3v) is 2.92. The van der Waals surface area contributed by atoms with E-state index < -0.39 is 10.1 Å². The molecule has 1 aromatic rings. The molecule has 5 heteroatoms. The molecule has 0 amide bonds. The van der Waals surface area contributed by atoms with Crippen LogP contribution in [-0.2, 0) is 14.3 Å². The second kappa shape index (κ2) is 3.76. The van der Waals surface area contributed by atoms with Gasteiger partial charge in [-0.3, -0.25) is 4.18 Å². The Morgan fingerprint density at radius 1 is 1.38 bits per heavy atom. The minimum absolute atomic E-state index is 0.0249. The molecule has 13 heavy (non-hydrogen) atoms. The van der Waals surface area contributed by atoms with E-state index in [1.165, 1.54) is 12.1 Å². The maximum atomic E-state index is 11.4. The summed E-state index contributed by atoms with van der Waals surface area (Å²) in [6, 6.07) is 6.20. The van der Waals surface area contributed by atoms with Gasteiger partial charge in [0.1, 0.15) is 4.90 Å². The monoisotopic (exact) mass is 201 g/mol. The first kappa shape index (κ1) is 10.0. The molecular formula is C8H11NO3S. The minimum Gasteiger partial charge on any atom is -0.398 e. The van der Waals surface area contributed by atoms with Crippen molar-refractivity contribution in [3.8, 4) is 0 Å². The molecule has 0 aliphatic heterocycles. The third kappa shape index (κ3) is 2.19. The van der Waals surface area contributed by atoms with E-state index in [0.717, 1.165) is 0 Å². The average Bonchev–Trinajstić information content (AvgIpc) is 2.04. The molecule has 0 aliphatic rings. The minimum atomic E-state index is -3.67. The summed E-state index contributed by atoms with van der Waals surface area (Å²) < 4.78 is 27.3. The zero-order valence-corrected chi connectivity index (χ0v) is 8.04. The van der Waals surface area contributed by atoms with Crippen molar-refractivity contribution in [3.63, 3.8) is 0 Å². The highest BCUT2D eigenvalue weighted by molar-refractivity contribution is 7.87. The van der Waals surface area contributed by atoms with E-state index in [0.29, 0.717) is 0 Å². The van der Waals surface area contributed by atoms with Crippen molar-refractivity contribution in [2.45, 2.75) is 11.8 Å². The standard InChI is InChI=1S/C8H11NO3S/c1-2-12-13(10,11)8-6-4-3-5-7(8)9/h3-6H,2,9H2,1H3. The van der Waals surface area contributed by atoms with E-state index in [1.54, 1.807) is 19.1 Å². The molecule has 0 aliphatic carbocycles. The second-order valence-electron chi connectivity index (χ2n) is 2.40. The first-order valence-electron chi connectivity index (χ1n) is 3.82. The zero-order valence-electron chi connectivity index (χ0n) is 7.23. The van der Waals surface area contributed by atoms with Gasteiger partial charge in [-0.05, 0) is 19.1 Å². The van der Waals surface area contributed by atoms with Crippen LogP contribution in [0.4, 0.5) is 5.69 Å². The molecule has 4 nitrogen and oxygen atoms in total. The Morgan fingerprint density at radius 3 is 2.54 bits per heavy atom. The normalized spacial score (nSPS) is 11.5. The number of nitrogen functional groups attached to an aromatic ring is 1. The summed E-state index contributed by atoms with van der Waals surface area (Å²) in [6.07, 6.45) is 0. The second-order valence-corrected chi connectivity index (χ2v) is 3.98. The van der Waals surface area contributed by atoms with E-state index in [2.05, 4.69) is 4.18 Å². The van der Waals surface area contributed by atoms with E-state index in [1.807, 2.05) is 0 Å². The molecule has 2 N–H and O–H groups in total. The van der Waals surface area contributed by atoms with E-state index in [9.17, 15) is 8.42 Å². The van der Waals surface area contributed by atoms with Crippen LogP contribution in [-0.4, -0.2) is 15.0 Å². The Bertz CT molecular complexity index is 386. The molecule has 1 aromatic carbocycles. The molecule has 0 spiro atoms. The van der Waals surface area contributed by atoms with E-state index >= 15 is 0 Å². The van der Waals surface area contributed by atoms with Gasteiger partial charge < -0.3 is 5.73 Å². The molecule has 72 valence electrons. The highest BCUT2D eigenvalue weighted by atomic mass is 32.2. The summed E-state index contributed by atoms with van der Waals surface area (Å²) in [4.78, 5) is 0.0249. The topological polar surface area (TPSA) is 69.4 Å². The van der Waals surface area contributed by atoms with Crippen molar-refractivity contribution < 1.29 is 12.6 Å². The van der Waals surface area contributed by atoms with Crippen molar-refractivity contribution >= 4 is 15.8 Å². The van der Waals surface area contributed by atoms with Gasteiger partial charge in [0.25, 0.3) is 10.1 Å². The summed E-state index contributed by atoms with van der Waals surface area (Å²) in [6.45, 7) is 1.72. The zero-order chi connectivity index (χ0) is 9.90. The number of hydrogen-bond acceptors (Lipinski definition) is 4. The molecule has 0 unspecified atom stereocenters. The Labute approximate surface area is 77.4 Å². The van der Waals surface area contributed by atoms with Crippen LogP contribution in [0.3, 0.4) is 0 Å². The molecule has 0 fully saturated rings. The Morgan fingerprint density at radius 2 is 2.00 bits per heavy atom. The van der Waals surface area contributed by atoms with Gasteiger partial charge in [0.05, 0.1) is 12.3 Å². The van der Waals surface area contributed by atoms with Gasteiger partial charge in [0.2, 0.25) is 0 Å². The summed E-state index contributed by atoms with van der Waals surface area (Å²) in [7, 11) is -3.67. The maximum absolute atomic E-state index is 11.4. The van der Waals surface area contributed by atoms with Crippen LogP contribution in [0, 0.1) is 0 Å². The maximum Gasteiger partial charge on any atom is 0.299 e. The lowest BCUT2D eigenvalue weighted by Gasteiger charge is -2.05. The van der Waals surface area contributed by atoms with Gasteiger partial charge >= 0.3 is 0 Å². The van der Waals surface area contributed by atoms with Crippen molar-refractivity contribution in [1.82, 2.24) is 0 Å². The molecule has 0 aromatic heterocycles. The van der Waals surface area contributed by atoms with Crippen LogP contribution in [0.2, 0.25) is 0 Å². The first-order chi connectivity index (χ1) is 6.08. The lowest BCUT2D eigenvalue weighted by molar-refractivity contribution is 0.338. The lowest BCUT2D eigenvalue weighted by Crippen LogP contribution is -2.08. The van der Waals surface area contributed by atoms with Gasteiger partial charge in [-0.15, -0.1) is 0 Å². The van der Waals surface area contributed by atoms with Crippen molar-refractivity contribution in [3.05, 3.63) is 24.3 Å². The van der Waals surface area contributed by atoms with Gasteiger partial charge in [-0.25, -0.2) is 0 Å². The van der Waals surface area contributed by atoms with E-state index in [4.69, 9.17) is 5.73 Å². The smallest absolute Gasteiger partial charge is 0.299 e. The van der Waals surface area contributed by atoms with Crippen LogP contribution in [0.15, 0.2) is 29.2 Å². The number of benzene rings is 1. The molecule has 0 saturated carbocycles. The highest BCUT2D eigenvalue weighted by Crippen LogP contribution is 2.18. The summed E-state index contributed by atoms with van der Waals surface area (Å²) >= 11 is 0. The van der Waals surface area contributed by atoms with Crippen LogP contribution >= 0.6 is 0 Å². The summed E-state index contributed by atoms with van der Waals surface area (Å²) in [5.74, 6) is 0. The number of para-hydroxylation sites is 1. The van der Waals surface area contributed by atoms with Gasteiger partial charge in [0, 0.05) is 0 Å². The number of nitrogens with two attached hydrogens (primary N) is 1. The van der Waals surface area contributed by atoms with Gasteiger partial charge in [-0.2, -0.15) is 8.42 Å². The van der Waals surface area contributed by atoms with Crippen LogP contribution in [0.1, 0.15) is 6.92 Å². The van der Waals surface area contributed by atoms with Crippen LogP contribution < -0.4 is 5.73 Å². The fourth-order valence-corrected chi connectivity index (χ4v) is 1.97. The fraction of sp³-hybridized carbons (Fsp3) is 0.250. The predicted octanol–water partition coefficient (Wildman–Crippen LogP) is 0.994. The molecule has 1 rings (SSSR count). The van der Waals surface area contributed by atoms with Crippen molar-refractivity contribution in [2.24, 2.45) is 0 Å². The molecule has 0 heterocycles. The average molecular weight is 201 g/mol. The summed E-state index contributed by atoms with van der Waals surface area (Å²) in [5, 5.41) is 0. The Hall–Kier alpha value is -1.07. The van der Waals surface area contributed by atoms with Crippen LogP contribution in [0.25, 0.3) is 0 Å². The van der Waals surface area contributed by atoms with E-state index in [-0.39, 0.29) is 17.2 Å². The molecular weight excluding hydrogens is 190 g/mol.